The molecule has 0 atom stereocenters. The van der Waals surface area contributed by atoms with Gasteiger partial charge in [-0.3, -0.25) is 0 Å². The standard InChI is InChI=1S/C16H12ClFN2O4/c1-8-6-10(19-23-8)7-22-16(21)13-9(2)24-20-15(13)14-11(17)4-3-5-12(14)18/h3-6H,7H2,1-2H3. The second kappa shape index (κ2) is 6.45. The Kier molecular flexibility index (Phi) is 4.35. The minimum Gasteiger partial charge on any atom is -0.455 e. The SMILES string of the molecule is Cc1cc(COC(=O)c2c(-c3c(F)cccc3Cl)noc2C)no1. The lowest BCUT2D eigenvalue weighted by molar-refractivity contribution is 0.0463. The van der Waals surface area contributed by atoms with Gasteiger partial charge in [0.1, 0.15) is 40.9 Å². The van der Waals surface area contributed by atoms with E-state index in [2.05, 4.69) is 10.3 Å². The van der Waals surface area contributed by atoms with E-state index in [1.54, 1.807) is 13.0 Å². The summed E-state index contributed by atoms with van der Waals surface area (Å²) in [6.07, 6.45) is 0. The first kappa shape index (κ1) is 16.2. The molecule has 1 aromatic carbocycles. The molecule has 0 fully saturated rings. The summed E-state index contributed by atoms with van der Waals surface area (Å²) in [5.41, 5.74) is 0.458. The smallest absolute Gasteiger partial charge is 0.344 e. The van der Waals surface area contributed by atoms with E-state index in [4.69, 9.17) is 25.4 Å². The van der Waals surface area contributed by atoms with Gasteiger partial charge in [-0.05, 0) is 26.0 Å². The second-order valence-electron chi connectivity index (χ2n) is 5.06. The molecule has 0 aliphatic heterocycles. The van der Waals surface area contributed by atoms with Gasteiger partial charge in [-0.15, -0.1) is 0 Å². The lowest BCUT2D eigenvalue weighted by atomic mass is 10.1. The third-order valence-electron chi connectivity index (χ3n) is 3.29. The molecule has 0 aliphatic rings. The predicted molar refractivity (Wildman–Crippen MR) is 82.0 cm³/mol. The number of esters is 1. The number of benzene rings is 1. The normalized spacial score (nSPS) is 10.8. The Balaban J connectivity index is 1.91. The Morgan fingerprint density at radius 1 is 1.29 bits per heavy atom. The average molecular weight is 351 g/mol. The van der Waals surface area contributed by atoms with E-state index in [1.165, 1.54) is 25.1 Å². The minimum atomic E-state index is -0.719. The highest BCUT2D eigenvalue weighted by Gasteiger charge is 2.26. The van der Waals surface area contributed by atoms with Crippen molar-refractivity contribution in [2.75, 3.05) is 0 Å². The molecule has 0 saturated heterocycles. The van der Waals surface area contributed by atoms with Crippen LogP contribution in [0.4, 0.5) is 4.39 Å². The van der Waals surface area contributed by atoms with Crippen LogP contribution in [0.3, 0.4) is 0 Å². The van der Waals surface area contributed by atoms with E-state index in [9.17, 15) is 9.18 Å². The molecule has 0 N–H and O–H groups in total. The maximum Gasteiger partial charge on any atom is 0.344 e. The van der Waals surface area contributed by atoms with E-state index in [0.717, 1.165) is 0 Å². The molecule has 0 unspecified atom stereocenters. The predicted octanol–water partition coefficient (Wildman–Crippen LogP) is 4.10. The summed E-state index contributed by atoms with van der Waals surface area (Å²) in [5, 5.41) is 7.60. The molecule has 24 heavy (non-hydrogen) atoms. The molecule has 2 aromatic heterocycles. The van der Waals surface area contributed by atoms with Gasteiger partial charge in [0.05, 0.1) is 10.6 Å². The molecule has 6 nitrogen and oxygen atoms in total. The van der Waals surface area contributed by atoms with E-state index >= 15 is 0 Å². The van der Waals surface area contributed by atoms with Crippen LogP contribution in [0, 0.1) is 19.7 Å². The van der Waals surface area contributed by atoms with Gasteiger partial charge < -0.3 is 13.8 Å². The van der Waals surface area contributed by atoms with Crippen LogP contribution >= 0.6 is 11.6 Å². The molecule has 3 rings (SSSR count). The first-order valence-electron chi connectivity index (χ1n) is 6.97. The lowest BCUT2D eigenvalue weighted by Gasteiger charge is -2.06. The number of aryl methyl sites for hydroxylation is 2. The fraction of sp³-hybridized carbons (Fsp3) is 0.188. The molecule has 0 saturated carbocycles. The van der Waals surface area contributed by atoms with Crippen LogP contribution in [-0.2, 0) is 11.3 Å². The molecule has 2 heterocycles. The fourth-order valence-electron chi connectivity index (χ4n) is 2.20. The van der Waals surface area contributed by atoms with Crippen molar-refractivity contribution in [3.05, 3.63) is 57.9 Å². The summed E-state index contributed by atoms with van der Waals surface area (Å²) in [6, 6.07) is 5.82. The highest BCUT2D eigenvalue weighted by Crippen LogP contribution is 2.33. The summed E-state index contributed by atoms with van der Waals surface area (Å²) in [5.74, 6) is -0.535. The Labute approximate surface area is 141 Å². The highest BCUT2D eigenvalue weighted by atomic mass is 35.5. The summed E-state index contributed by atoms with van der Waals surface area (Å²) in [7, 11) is 0. The number of carbonyl (C=O) groups is 1. The van der Waals surface area contributed by atoms with Crippen molar-refractivity contribution >= 4 is 17.6 Å². The van der Waals surface area contributed by atoms with Crippen molar-refractivity contribution in [2.24, 2.45) is 0 Å². The largest absolute Gasteiger partial charge is 0.455 e. The van der Waals surface area contributed by atoms with E-state index in [0.29, 0.717) is 11.5 Å². The van der Waals surface area contributed by atoms with Gasteiger partial charge in [0, 0.05) is 6.07 Å². The third kappa shape index (κ3) is 3.03. The van der Waals surface area contributed by atoms with Gasteiger partial charge in [0.2, 0.25) is 0 Å². The summed E-state index contributed by atoms with van der Waals surface area (Å²) in [4.78, 5) is 12.4. The number of nitrogens with zero attached hydrogens (tertiary/aromatic N) is 2. The third-order valence-corrected chi connectivity index (χ3v) is 3.61. The highest BCUT2D eigenvalue weighted by molar-refractivity contribution is 6.33. The molecule has 0 radical (unpaired) electrons. The zero-order valence-electron chi connectivity index (χ0n) is 12.8. The first-order valence-corrected chi connectivity index (χ1v) is 7.35. The number of hydrogen-bond donors (Lipinski definition) is 0. The quantitative estimate of drug-likeness (QED) is 0.659. The monoisotopic (exact) mass is 350 g/mol. The van der Waals surface area contributed by atoms with Crippen molar-refractivity contribution in [1.82, 2.24) is 10.3 Å². The number of halogens is 2. The van der Waals surface area contributed by atoms with Crippen LogP contribution in [0.2, 0.25) is 5.02 Å². The van der Waals surface area contributed by atoms with Crippen LogP contribution in [-0.4, -0.2) is 16.3 Å². The Morgan fingerprint density at radius 2 is 2.08 bits per heavy atom. The molecule has 124 valence electrons. The zero-order valence-corrected chi connectivity index (χ0v) is 13.6. The van der Waals surface area contributed by atoms with Crippen LogP contribution < -0.4 is 0 Å². The zero-order chi connectivity index (χ0) is 17.3. The second-order valence-corrected chi connectivity index (χ2v) is 5.47. The molecule has 3 aromatic rings. The van der Waals surface area contributed by atoms with Gasteiger partial charge in [-0.1, -0.05) is 28.0 Å². The number of carbonyl (C=O) groups excluding carboxylic acids is 1. The van der Waals surface area contributed by atoms with Crippen molar-refractivity contribution in [3.8, 4) is 11.3 Å². The topological polar surface area (TPSA) is 78.4 Å². The van der Waals surface area contributed by atoms with Gasteiger partial charge in [0.25, 0.3) is 0 Å². The van der Waals surface area contributed by atoms with Crippen LogP contribution in [0.5, 0.6) is 0 Å². The molecule has 0 bridgehead atoms. The summed E-state index contributed by atoms with van der Waals surface area (Å²) in [6.45, 7) is 3.16. The summed E-state index contributed by atoms with van der Waals surface area (Å²) < 4.78 is 29.2. The van der Waals surface area contributed by atoms with Gasteiger partial charge in [-0.25, -0.2) is 9.18 Å². The Hall–Kier alpha value is -2.67. The molecule has 0 spiro atoms. The van der Waals surface area contributed by atoms with Gasteiger partial charge in [-0.2, -0.15) is 0 Å². The number of aromatic nitrogens is 2. The van der Waals surface area contributed by atoms with Crippen LogP contribution in [0.25, 0.3) is 11.3 Å². The van der Waals surface area contributed by atoms with Crippen molar-refractivity contribution in [2.45, 2.75) is 20.5 Å². The first-order chi connectivity index (χ1) is 11.5. The van der Waals surface area contributed by atoms with Crippen molar-refractivity contribution in [1.29, 1.82) is 0 Å². The van der Waals surface area contributed by atoms with E-state index in [1.807, 2.05) is 0 Å². The van der Waals surface area contributed by atoms with E-state index < -0.39 is 11.8 Å². The van der Waals surface area contributed by atoms with Crippen molar-refractivity contribution < 1.29 is 23.0 Å². The molecular formula is C16H12ClFN2O4. The Morgan fingerprint density at radius 3 is 2.75 bits per heavy atom. The fourth-order valence-corrected chi connectivity index (χ4v) is 2.46. The number of rotatable bonds is 4. The number of hydrogen-bond acceptors (Lipinski definition) is 6. The molecular weight excluding hydrogens is 339 g/mol. The molecule has 0 amide bonds. The van der Waals surface area contributed by atoms with Gasteiger partial charge >= 0.3 is 5.97 Å². The van der Waals surface area contributed by atoms with Crippen molar-refractivity contribution in [3.63, 3.8) is 0 Å². The molecule has 0 aliphatic carbocycles. The van der Waals surface area contributed by atoms with Crippen LogP contribution in [0.15, 0.2) is 33.3 Å². The number of ether oxygens (including phenoxy) is 1. The minimum absolute atomic E-state index is 0.00284. The summed E-state index contributed by atoms with van der Waals surface area (Å²) >= 11 is 6.03. The maximum absolute atomic E-state index is 14.1. The lowest BCUT2D eigenvalue weighted by Crippen LogP contribution is -2.08. The molecule has 8 heteroatoms. The van der Waals surface area contributed by atoms with Gasteiger partial charge in [0.15, 0.2) is 0 Å². The van der Waals surface area contributed by atoms with Crippen LogP contribution in [0.1, 0.15) is 27.6 Å². The average Bonchev–Trinajstić information content (AvgIpc) is 3.11. The Bertz CT molecular complexity index is 883. The van der Waals surface area contributed by atoms with E-state index in [-0.39, 0.29) is 34.2 Å². The maximum atomic E-state index is 14.1.